The molecule has 3 heterocycles. The van der Waals surface area contributed by atoms with Crippen LogP contribution in [0.5, 0.6) is 0 Å². The number of hydrogen-bond donors (Lipinski definition) is 1. The number of hydrogen-bond acceptors (Lipinski definition) is 4. The van der Waals surface area contributed by atoms with Crippen LogP contribution in [0.25, 0.3) is 0 Å². The van der Waals surface area contributed by atoms with Crippen molar-refractivity contribution in [3.63, 3.8) is 0 Å². The Morgan fingerprint density at radius 3 is 3.00 bits per heavy atom. The highest BCUT2D eigenvalue weighted by Gasteiger charge is 2.34. The molecule has 0 saturated carbocycles. The maximum atomic E-state index is 12.4. The van der Waals surface area contributed by atoms with E-state index in [1.807, 2.05) is 4.90 Å². The van der Waals surface area contributed by atoms with Crippen molar-refractivity contribution in [2.45, 2.75) is 18.9 Å². The molecule has 2 aliphatic heterocycles. The van der Waals surface area contributed by atoms with E-state index in [-0.39, 0.29) is 12.5 Å². The van der Waals surface area contributed by atoms with Crippen LogP contribution in [0.1, 0.15) is 23.8 Å². The zero-order chi connectivity index (χ0) is 13.2. The lowest BCUT2D eigenvalue weighted by Crippen LogP contribution is -2.52. The molecule has 4 nitrogen and oxygen atoms in total. The summed E-state index contributed by atoms with van der Waals surface area (Å²) in [5.74, 6) is 0.617. The number of thiophene rings is 1. The molecule has 3 rings (SSSR count). The van der Waals surface area contributed by atoms with Gasteiger partial charge in [0.2, 0.25) is 5.91 Å². The van der Waals surface area contributed by atoms with Gasteiger partial charge in [-0.3, -0.25) is 9.69 Å². The molecule has 2 aliphatic rings. The first kappa shape index (κ1) is 13.1. The maximum absolute atomic E-state index is 12.4. The summed E-state index contributed by atoms with van der Waals surface area (Å²) >= 11 is 1.74. The van der Waals surface area contributed by atoms with Gasteiger partial charge in [0, 0.05) is 37.0 Å². The normalized spacial score (nSPS) is 24.7. The number of amides is 1. The molecule has 1 amide bonds. The first-order chi connectivity index (χ1) is 9.28. The van der Waals surface area contributed by atoms with Gasteiger partial charge in [-0.1, -0.05) is 6.07 Å². The van der Waals surface area contributed by atoms with Gasteiger partial charge in [-0.25, -0.2) is 0 Å². The van der Waals surface area contributed by atoms with E-state index in [0.29, 0.717) is 18.5 Å². The van der Waals surface area contributed by atoms with E-state index in [4.69, 9.17) is 5.11 Å². The molecule has 0 spiro atoms. The van der Waals surface area contributed by atoms with E-state index in [0.717, 1.165) is 32.5 Å². The summed E-state index contributed by atoms with van der Waals surface area (Å²) in [4.78, 5) is 17.9. The Balaban J connectivity index is 1.57. The summed E-state index contributed by atoms with van der Waals surface area (Å²) in [5, 5.41) is 11.1. The van der Waals surface area contributed by atoms with Gasteiger partial charge in [0.05, 0.1) is 12.6 Å². The van der Waals surface area contributed by atoms with Gasteiger partial charge in [0.25, 0.3) is 0 Å². The zero-order valence-electron chi connectivity index (χ0n) is 11.0. The van der Waals surface area contributed by atoms with Crippen molar-refractivity contribution < 1.29 is 9.90 Å². The maximum Gasteiger partial charge on any atom is 0.237 e. The molecule has 1 N–H and O–H groups in total. The molecule has 1 atom stereocenters. The number of aliphatic hydroxyl groups is 1. The Morgan fingerprint density at radius 2 is 2.32 bits per heavy atom. The summed E-state index contributed by atoms with van der Waals surface area (Å²) < 4.78 is 0. The molecule has 1 unspecified atom stereocenters. The van der Waals surface area contributed by atoms with Crippen LogP contribution < -0.4 is 0 Å². The summed E-state index contributed by atoms with van der Waals surface area (Å²) in [6, 6.07) is 4.48. The minimum atomic E-state index is 0.242. The van der Waals surface area contributed by atoms with E-state index in [1.165, 1.54) is 4.88 Å². The lowest BCUT2D eigenvalue weighted by Gasteiger charge is -2.39. The molecular weight excluding hydrogens is 260 g/mol. The van der Waals surface area contributed by atoms with Crippen molar-refractivity contribution >= 4 is 17.2 Å². The second-order valence-corrected chi connectivity index (χ2v) is 6.48. The summed E-state index contributed by atoms with van der Waals surface area (Å²) in [6.45, 7) is 3.36. The van der Waals surface area contributed by atoms with Crippen LogP contribution in [0.4, 0.5) is 0 Å². The average Bonchev–Trinajstić information content (AvgIpc) is 3.01. The Hall–Kier alpha value is -0.910. The highest BCUT2D eigenvalue weighted by Crippen LogP contribution is 2.34. The van der Waals surface area contributed by atoms with E-state index >= 15 is 0 Å². The van der Waals surface area contributed by atoms with Crippen molar-refractivity contribution in [2.24, 2.45) is 5.92 Å². The smallest absolute Gasteiger partial charge is 0.237 e. The number of nitrogens with zero attached hydrogens (tertiary/aromatic N) is 2. The summed E-state index contributed by atoms with van der Waals surface area (Å²) in [7, 11) is 0. The van der Waals surface area contributed by atoms with Crippen LogP contribution in [0.2, 0.25) is 0 Å². The second-order valence-electron chi connectivity index (χ2n) is 5.50. The molecule has 0 aromatic carbocycles. The van der Waals surface area contributed by atoms with E-state index in [1.54, 1.807) is 11.3 Å². The Bertz CT molecular complexity index is 429. The van der Waals surface area contributed by atoms with Gasteiger partial charge >= 0.3 is 0 Å². The van der Waals surface area contributed by atoms with Crippen molar-refractivity contribution in [3.8, 4) is 0 Å². The molecule has 1 aromatic heterocycles. The number of aliphatic hydroxyl groups excluding tert-OH is 1. The van der Waals surface area contributed by atoms with Gasteiger partial charge in [0.15, 0.2) is 0 Å². The van der Waals surface area contributed by atoms with Gasteiger partial charge in [-0.2, -0.15) is 0 Å². The van der Waals surface area contributed by atoms with E-state index in [9.17, 15) is 4.79 Å². The molecule has 19 heavy (non-hydrogen) atoms. The zero-order valence-corrected chi connectivity index (χ0v) is 11.8. The molecule has 0 radical (unpaired) electrons. The molecular formula is C14H20N2O2S. The van der Waals surface area contributed by atoms with E-state index < -0.39 is 0 Å². The first-order valence-electron chi connectivity index (χ1n) is 6.94. The predicted octanol–water partition coefficient (Wildman–Crippen LogP) is 1.34. The minimum Gasteiger partial charge on any atom is -0.396 e. The van der Waals surface area contributed by atoms with Gasteiger partial charge in [-0.15, -0.1) is 11.3 Å². The van der Waals surface area contributed by atoms with E-state index in [2.05, 4.69) is 22.4 Å². The third kappa shape index (κ3) is 2.68. The quantitative estimate of drug-likeness (QED) is 0.905. The lowest BCUT2D eigenvalue weighted by atomic mass is 10.0. The molecule has 0 bridgehead atoms. The second kappa shape index (κ2) is 5.61. The third-order valence-corrected chi connectivity index (χ3v) is 5.07. The molecule has 2 fully saturated rings. The molecule has 5 heteroatoms. The van der Waals surface area contributed by atoms with Crippen LogP contribution in [0, 0.1) is 5.92 Å². The number of likely N-dealkylation sites (tertiary alicyclic amines) is 2. The Morgan fingerprint density at radius 1 is 1.47 bits per heavy atom. The summed E-state index contributed by atoms with van der Waals surface area (Å²) in [5.41, 5.74) is 0. The standard InChI is InChI=1S/C14H20N2O2S/c17-10-11-7-15(8-11)9-14(18)16-5-1-3-12(16)13-4-2-6-19-13/h2,4,6,11-12,17H,1,3,5,7-10H2. The van der Waals surface area contributed by atoms with Gasteiger partial charge in [0.1, 0.15) is 0 Å². The fraction of sp³-hybridized carbons (Fsp3) is 0.643. The first-order valence-corrected chi connectivity index (χ1v) is 7.82. The summed E-state index contributed by atoms with van der Waals surface area (Å²) in [6.07, 6.45) is 2.19. The molecule has 2 saturated heterocycles. The average molecular weight is 280 g/mol. The fourth-order valence-electron chi connectivity index (χ4n) is 3.05. The number of carbonyl (C=O) groups is 1. The van der Waals surface area contributed by atoms with Gasteiger partial charge in [-0.05, 0) is 24.3 Å². The highest BCUT2D eigenvalue weighted by atomic mass is 32.1. The Labute approximate surface area is 117 Å². The fourth-order valence-corrected chi connectivity index (χ4v) is 3.92. The molecule has 0 aliphatic carbocycles. The molecule has 104 valence electrons. The van der Waals surface area contributed by atoms with Crippen LogP contribution in [-0.4, -0.2) is 53.6 Å². The molecule has 1 aromatic rings. The number of rotatable bonds is 4. The van der Waals surface area contributed by atoms with Crippen LogP contribution in [-0.2, 0) is 4.79 Å². The van der Waals surface area contributed by atoms with Crippen LogP contribution >= 0.6 is 11.3 Å². The largest absolute Gasteiger partial charge is 0.396 e. The van der Waals surface area contributed by atoms with Crippen molar-refractivity contribution in [2.75, 3.05) is 32.8 Å². The SMILES string of the molecule is O=C(CN1CC(CO)C1)N1CCCC1c1cccs1. The predicted molar refractivity (Wildman–Crippen MR) is 75.0 cm³/mol. The number of carbonyl (C=O) groups excluding carboxylic acids is 1. The lowest BCUT2D eigenvalue weighted by molar-refractivity contribution is -0.135. The van der Waals surface area contributed by atoms with Gasteiger partial charge < -0.3 is 10.0 Å². The monoisotopic (exact) mass is 280 g/mol. The van der Waals surface area contributed by atoms with Crippen molar-refractivity contribution in [1.29, 1.82) is 0 Å². The topological polar surface area (TPSA) is 43.8 Å². The van der Waals surface area contributed by atoms with Crippen molar-refractivity contribution in [3.05, 3.63) is 22.4 Å². The third-order valence-electron chi connectivity index (χ3n) is 4.09. The van der Waals surface area contributed by atoms with Crippen LogP contribution in [0.15, 0.2) is 17.5 Å². The highest BCUT2D eigenvalue weighted by molar-refractivity contribution is 7.10. The Kier molecular flexibility index (Phi) is 3.86. The van der Waals surface area contributed by atoms with Crippen molar-refractivity contribution in [1.82, 2.24) is 9.80 Å². The minimum absolute atomic E-state index is 0.242. The van der Waals surface area contributed by atoms with Crippen LogP contribution in [0.3, 0.4) is 0 Å².